The van der Waals surface area contributed by atoms with Gasteiger partial charge in [0.25, 0.3) is 0 Å². The Balaban J connectivity index is 1.22. The summed E-state index contributed by atoms with van der Waals surface area (Å²) in [5, 5.41) is 8.39. The number of pyridine rings is 1. The summed E-state index contributed by atoms with van der Waals surface area (Å²) in [4.78, 5) is 15.9. The van der Waals surface area contributed by atoms with Gasteiger partial charge < -0.3 is 0 Å². The van der Waals surface area contributed by atoms with E-state index in [1.165, 1.54) is 36.3 Å². The zero-order valence-corrected chi connectivity index (χ0v) is 28.7. The topological polar surface area (TPSA) is 43.6 Å². The molecule has 11 rings (SSSR count). The van der Waals surface area contributed by atoms with E-state index in [2.05, 4.69) is 168 Å². The lowest BCUT2D eigenvalue weighted by Gasteiger charge is -2.13. The number of aromatic nitrogens is 4. The maximum absolute atomic E-state index is 5.41. The van der Waals surface area contributed by atoms with Crippen LogP contribution in [0.2, 0.25) is 0 Å². The van der Waals surface area contributed by atoms with Gasteiger partial charge in [-0.15, -0.1) is 11.3 Å². The predicted octanol–water partition coefficient (Wildman–Crippen LogP) is 12.6. The number of benzene rings is 7. The summed E-state index contributed by atoms with van der Waals surface area (Å²) in [6, 6.07) is 59.8. The van der Waals surface area contributed by atoms with Crippen LogP contribution in [-0.2, 0) is 0 Å². The van der Waals surface area contributed by atoms with E-state index in [0.29, 0.717) is 5.82 Å². The van der Waals surface area contributed by atoms with Gasteiger partial charge in [0.05, 0.1) is 27.9 Å². The van der Waals surface area contributed by atoms with Crippen LogP contribution in [0, 0.1) is 0 Å². The number of fused-ring (bicyclic) bond motifs is 10. The third-order valence-corrected chi connectivity index (χ3v) is 11.4. The van der Waals surface area contributed by atoms with Crippen LogP contribution < -0.4 is 0 Å². The number of para-hydroxylation sites is 3. The molecule has 0 N–H and O–H groups in total. The second-order valence-corrected chi connectivity index (χ2v) is 14.2. The Labute approximate surface area is 302 Å². The van der Waals surface area contributed by atoms with E-state index in [4.69, 9.17) is 15.0 Å². The Morgan fingerprint density at radius 3 is 1.83 bits per heavy atom. The van der Waals surface area contributed by atoms with Crippen LogP contribution >= 0.6 is 11.3 Å². The maximum atomic E-state index is 5.41. The average molecular weight is 681 g/mol. The van der Waals surface area contributed by atoms with Crippen molar-refractivity contribution in [1.29, 1.82) is 0 Å². The first-order chi connectivity index (χ1) is 25.8. The summed E-state index contributed by atoms with van der Waals surface area (Å²) in [5.41, 5.74) is 8.30. The van der Waals surface area contributed by atoms with Crippen molar-refractivity contribution in [2.75, 3.05) is 0 Å². The van der Waals surface area contributed by atoms with Crippen molar-refractivity contribution in [3.8, 4) is 39.7 Å². The van der Waals surface area contributed by atoms with Gasteiger partial charge in [0.1, 0.15) is 5.82 Å². The van der Waals surface area contributed by atoms with Crippen LogP contribution in [0.15, 0.2) is 170 Å². The molecule has 0 fully saturated rings. The third kappa shape index (κ3) is 4.36. The van der Waals surface area contributed by atoms with Crippen LogP contribution in [0.5, 0.6) is 0 Å². The van der Waals surface area contributed by atoms with Crippen molar-refractivity contribution < 1.29 is 0 Å². The normalized spacial score (nSPS) is 11.8. The Hall–Kier alpha value is -6.69. The molecule has 242 valence electrons. The van der Waals surface area contributed by atoms with Crippen LogP contribution in [0.1, 0.15) is 0 Å². The molecule has 5 heteroatoms. The molecule has 0 aliphatic heterocycles. The lowest BCUT2D eigenvalue weighted by molar-refractivity contribution is 1.05. The van der Waals surface area contributed by atoms with Crippen molar-refractivity contribution >= 4 is 75.0 Å². The molecule has 0 atom stereocenters. The van der Waals surface area contributed by atoms with Crippen LogP contribution in [0.25, 0.3) is 103 Å². The molecule has 0 amide bonds. The highest BCUT2D eigenvalue weighted by Gasteiger charge is 2.21. The van der Waals surface area contributed by atoms with Crippen molar-refractivity contribution in [2.24, 2.45) is 0 Å². The van der Waals surface area contributed by atoms with E-state index >= 15 is 0 Å². The number of hydrogen-bond donors (Lipinski definition) is 0. The van der Waals surface area contributed by atoms with Crippen molar-refractivity contribution in [3.63, 3.8) is 0 Å². The Bertz CT molecular complexity index is 3130. The predicted molar refractivity (Wildman–Crippen MR) is 218 cm³/mol. The van der Waals surface area contributed by atoms with E-state index in [-0.39, 0.29) is 0 Å². The molecule has 0 aliphatic rings. The minimum Gasteiger partial charge on any atom is -0.294 e. The highest BCUT2D eigenvalue weighted by atomic mass is 32.1. The smallest absolute Gasteiger partial charge is 0.163 e. The van der Waals surface area contributed by atoms with Crippen molar-refractivity contribution in [1.82, 2.24) is 19.5 Å². The van der Waals surface area contributed by atoms with Gasteiger partial charge in [-0.1, -0.05) is 133 Å². The largest absolute Gasteiger partial charge is 0.294 e. The number of hydrogen-bond acceptors (Lipinski definition) is 4. The molecule has 7 aromatic carbocycles. The summed E-state index contributed by atoms with van der Waals surface area (Å²) in [7, 11) is 0. The van der Waals surface area contributed by atoms with E-state index < -0.39 is 0 Å². The first-order valence-electron chi connectivity index (χ1n) is 17.5. The monoisotopic (exact) mass is 680 g/mol. The molecule has 0 saturated heterocycles. The van der Waals surface area contributed by atoms with Gasteiger partial charge in [-0.25, -0.2) is 15.0 Å². The van der Waals surface area contributed by atoms with E-state index in [1.807, 2.05) is 17.4 Å². The zero-order valence-electron chi connectivity index (χ0n) is 27.9. The summed E-state index contributed by atoms with van der Waals surface area (Å²) in [5.74, 6) is 1.55. The lowest BCUT2D eigenvalue weighted by atomic mass is 9.96. The molecule has 4 heterocycles. The standard InChI is InChI=1S/C47H28N4S/c1-3-14-29(15-4-1)38-28-42(51-39-24-11-8-18-31(39)32-19-9-12-25-40(32)51)50-47(49-38)36-22-13-21-35-44-41(52-46(35)36)27-26-34-43(44)33-20-7-10-23-37(33)48-45(34)30-16-5-2-6-17-30/h1-28H. The van der Waals surface area contributed by atoms with Gasteiger partial charge in [0, 0.05) is 69.9 Å². The summed E-state index contributed by atoms with van der Waals surface area (Å²) in [6.07, 6.45) is 0. The second-order valence-electron chi connectivity index (χ2n) is 13.2. The van der Waals surface area contributed by atoms with Gasteiger partial charge in [-0.2, -0.15) is 0 Å². The SMILES string of the molecule is c1ccc(-c2cc(-n3c4ccccc4c4ccccc43)nc(-c3cccc4c3sc3ccc5c(-c6ccccc6)nc6ccccc6c5c34)n2)cc1. The van der Waals surface area contributed by atoms with Gasteiger partial charge in [-0.3, -0.25) is 4.57 Å². The fourth-order valence-corrected chi connectivity index (χ4v) is 9.14. The van der Waals surface area contributed by atoms with Crippen LogP contribution in [0.3, 0.4) is 0 Å². The van der Waals surface area contributed by atoms with E-state index in [1.54, 1.807) is 0 Å². The molecule has 0 spiro atoms. The highest BCUT2D eigenvalue weighted by molar-refractivity contribution is 7.26. The van der Waals surface area contributed by atoms with Gasteiger partial charge >= 0.3 is 0 Å². The number of rotatable bonds is 4. The molecule has 11 aromatic rings. The molecular weight excluding hydrogens is 653 g/mol. The molecule has 52 heavy (non-hydrogen) atoms. The quantitative estimate of drug-likeness (QED) is 0.174. The molecular formula is C47H28N4S. The van der Waals surface area contributed by atoms with Crippen LogP contribution in [-0.4, -0.2) is 19.5 Å². The summed E-state index contributed by atoms with van der Waals surface area (Å²) >= 11 is 1.81. The molecule has 0 unspecified atom stereocenters. The third-order valence-electron chi connectivity index (χ3n) is 10.2. The van der Waals surface area contributed by atoms with Gasteiger partial charge in [0.15, 0.2) is 5.82 Å². The molecule has 0 saturated carbocycles. The Morgan fingerprint density at radius 1 is 0.442 bits per heavy atom. The maximum Gasteiger partial charge on any atom is 0.163 e. The lowest BCUT2D eigenvalue weighted by Crippen LogP contribution is -2.02. The fraction of sp³-hybridized carbons (Fsp3) is 0. The zero-order chi connectivity index (χ0) is 34.2. The minimum absolute atomic E-state index is 0.705. The first kappa shape index (κ1) is 29.1. The number of thiophene rings is 1. The molecule has 0 aliphatic carbocycles. The average Bonchev–Trinajstić information content (AvgIpc) is 3.77. The molecule has 4 nitrogen and oxygen atoms in total. The molecule has 0 radical (unpaired) electrons. The van der Waals surface area contributed by atoms with Crippen LogP contribution in [0.4, 0.5) is 0 Å². The first-order valence-corrected chi connectivity index (χ1v) is 18.3. The minimum atomic E-state index is 0.705. The van der Waals surface area contributed by atoms with E-state index in [0.717, 1.165) is 61.2 Å². The Kier molecular flexibility index (Phi) is 6.39. The summed E-state index contributed by atoms with van der Waals surface area (Å²) < 4.78 is 4.68. The highest BCUT2D eigenvalue weighted by Crippen LogP contribution is 2.46. The van der Waals surface area contributed by atoms with Gasteiger partial charge in [-0.05, 0) is 30.3 Å². The second kappa shape index (κ2) is 11.4. The molecule has 0 bridgehead atoms. The molecule has 4 aromatic heterocycles. The Morgan fingerprint density at radius 2 is 1.08 bits per heavy atom. The van der Waals surface area contributed by atoms with Crippen molar-refractivity contribution in [2.45, 2.75) is 0 Å². The van der Waals surface area contributed by atoms with E-state index in [9.17, 15) is 0 Å². The number of nitrogens with zero attached hydrogens (tertiary/aromatic N) is 4. The fourth-order valence-electron chi connectivity index (χ4n) is 7.92. The van der Waals surface area contributed by atoms with Gasteiger partial charge in [0.2, 0.25) is 0 Å². The summed E-state index contributed by atoms with van der Waals surface area (Å²) in [6.45, 7) is 0. The van der Waals surface area contributed by atoms with Crippen molar-refractivity contribution in [3.05, 3.63) is 170 Å².